The van der Waals surface area contributed by atoms with Crippen molar-refractivity contribution in [2.75, 3.05) is 19.7 Å². The van der Waals surface area contributed by atoms with E-state index in [0.29, 0.717) is 19.5 Å². The van der Waals surface area contributed by atoms with Gasteiger partial charge in [-0.25, -0.2) is 0 Å². The zero-order chi connectivity index (χ0) is 14.8. The monoisotopic (exact) mass is 285 g/mol. The van der Waals surface area contributed by atoms with E-state index in [0.717, 1.165) is 12.8 Å². The predicted molar refractivity (Wildman–Crippen MR) is 80.6 cm³/mol. The lowest BCUT2D eigenvalue weighted by Gasteiger charge is -2.36. The molecule has 0 saturated carbocycles. The van der Waals surface area contributed by atoms with Crippen LogP contribution in [0.15, 0.2) is 0 Å². The first-order valence-electron chi connectivity index (χ1n) is 8.21. The molecule has 0 aromatic heterocycles. The third-order valence-corrected chi connectivity index (χ3v) is 3.88. The van der Waals surface area contributed by atoms with Crippen LogP contribution in [-0.4, -0.2) is 47.8 Å². The van der Waals surface area contributed by atoms with Crippen molar-refractivity contribution in [1.82, 2.24) is 4.90 Å². The first-order chi connectivity index (χ1) is 9.67. The lowest BCUT2D eigenvalue weighted by molar-refractivity contribution is -0.147. The highest BCUT2D eigenvalue weighted by Crippen LogP contribution is 2.14. The molecule has 0 aromatic rings. The molecule has 1 N–H and O–H groups in total. The predicted octanol–water partition coefficient (Wildman–Crippen LogP) is 2.74. The third-order valence-electron chi connectivity index (χ3n) is 3.88. The summed E-state index contributed by atoms with van der Waals surface area (Å²) >= 11 is 0. The highest BCUT2D eigenvalue weighted by molar-refractivity contribution is 5.76. The number of aliphatic hydroxyl groups excluding tert-OH is 1. The zero-order valence-electron chi connectivity index (χ0n) is 13.1. The molecular formula is C16H31NO3. The van der Waals surface area contributed by atoms with Crippen molar-refractivity contribution in [2.45, 2.75) is 77.4 Å². The maximum absolute atomic E-state index is 12.1. The topological polar surface area (TPSA) is 49.8 Å². The minimum Gasteiger partial charge on any atom is -0.394 e. The van der Waals surface area contributed by atoms with Crippen LogP contribution in [0.4, 0.5) is 0 Å². The van der Waals surface area contributed by atoms with E-state index in [1.54, 1.807) is 0 Å². The van der Waals surface area contributed by atoms with Gasteiger partial charge in [0.15, 0.2) is 0 Å². The standard InChI is InChI=1S/C16H31NO3/c1-3-4-5-6-7-8-9-10-16(19)17-11-14(2)20-15(12-17)13-18/h14-15,18H,3-13H2,1-2H3. The number of amides is 1. The second kappa shape index (κ2) is 10.2. The van der Waals surface area contributed by atoms with Crippen molar-refractivity contribution in [3.05, 3.63) is 0 Å². The first-order valence-corrected chi connectivity index (χ1v) is 8.21. The number of nitrogens with zero attached hydrogens (tertiary/aromatic N) is 1. The van der Waals surface area contributed by atoms with Gasteiger partial charge in [-0.15, -0.1) is 0 Å². The van der Waals surface area contributed by atoms with Gasteiger partial charge >= 0.3 is 0 Å². The summed E-state index contributed by atoms with van der Waals surface area (Å²) in [6, 6.07) is 0. The van der Waals surface area contributed by atoms with E-state index in [1.807, 2.05) is 11.8 Å². The second-order valence-corrected chi connectivity index (χ2v) is 5.92. The molecule has 118 valence electrons. The Hall–Kier alpha value is -0.610. The Morgan fingerprint density at radius 2 is 1.80 bits per heavy atom. The van der Waals surface area contributed by atoms with Crippen molar-refractivity contribution < 1.29 is 14.6 Å². The molecular weight excluding hydrogens is 254 g/mol. The quantitative estimate of drug-likeness (QED) is 0.663. The van der Waals surface area contributed by atoms with Crippen LogP contribution in [0.3, 0.4) is 0 Å². The van der Waals surface area contributed by atoms with Gasteiger partial charge in [-0.2, -0.15) is 0 Å². The fraction of sp³-hybridized carbons (Fsp3) is 0.938. The summed E-state index contributed by atoms with van der Waals surface area (Å²) in [6.07, 6.45) is 9.06. The number of carbonyl (C=O) groups is 1. The largest absolute Gasteiger partial charge is 0.394 e. The minimum absolute atomic E-state index is 0.00838. The molecule has 20 heavy (non-hydrogen) atoms. The average Bonchev–Trinajstić information content (AvgIpc) is 2.45. The molecule has 1 fully saturated rings. The molecule has 1 rings (SSSR count). The molecule has 2 unspecified atom stereocenters. The zero-order valence-corrected chi connectivity index (χ0v) is 13.1. The first kappa shape index (κ1) is 17.4. The number of hydrogen-bond donors (Lipinski definition) is 1. The lowest BCUT2D eigenvalue weighted by Crippen LogP contribution is -2.50. The van der Waals surface area contributed by atoms with E-state index in [2.05, 4.69) is 6.92 Å². The summed E-state index contributed by atoms with van der Waals surface area (Å²) in [7, 11) is 0. The maximum atomic E-state index is 12.1. The lowest BCUT2D eigenvalue weighted by atomic mass is 10.1. The van der Waals surface area contributed by atoms with Gasteiger partial charge in [0.2, 0.25) is 5.91 Å². The highest BCUT2D eigenvalue weighted by Gasteiger charge is 2.27. The van der Waals surface area contributed by atoms with Crippen LogP contribution < -0.4 is 0 Å². The molecule has 0 aromatic carbocycles. The average molecular weight is 285 g/mol. The van der Waals surface area contributed by atoms with Gasteiger partial charge in [0, 0.05) is 19.5 Å². The van der Waals surface area contributed by atoms with Crippen molar-refractivity contribution >= 4 is 5.91 Å². The molecule has 2 atom stereocenters. The van der Waals surface area contributed by atoms with Crippen LogP contribution in [-0.2, 0) is 9.53 Å². The van der Waals surface area contributed by atoms with Crippen LogP contribution in [0, 0.1) is 0 Å². The van der Waals surface area contributed by atoms with Crippen LogP contribution in [0.1, 0.15) is 65.2 Å². The highest BCUT2D eigenvalue weighted by atomic mass is 16.5. The Bertz CT molecular complexity index is 270. The van der Waals surface area contributed by atoms with E-state index in [1.165, 1.54) is 32.1 Å². The Morgan fingerprint density at radius 1 is 1.15 bits per heavy atom. The van der Waals surface area contributed by atoms with Crippen LogP contribution in [0.5, 0.6) is 0 Å². The van der Waals surface area contributed by atoms with Crippen molar-refractivity contribution in [3.63, 3.8) is 0 Å². The van der Waals surface area contributed by atoms with Gasteiger partial charge in [-0.1, -0.05) is 45.4 Å². The van der Waals surface area contributed by atoms with E-state index in [4.69, 9.17) is 9.84 Å². The van der Waals surface area contributed by atoms with Crippen molar-refractivity contribution in [2.24, 2.45) is 0 Å². The normalized spacial score (nSPS) is 23.1. The summed E-state index contributed by atoms with van der Waals surface area (Å²) in [5.74, 6) is 0.215. The molecule has 0 aliphatic carbocycles. The SMILES string of the molecule is CCCCCCCCCC(=O)N1CC(C)OC(CO)C1. The van der Waals surface area contributed by atoms with E-state index in [-0.39, 0.29) is 24.7 Å². The number of unbranched alkanes of at least 4 members (excludes halogenated alkanes) is 6. The van der Waals surface area contributed by atoms with Gasteiger partial charge < -0.3 is 14.7 Å². The van der Waals surface area contributed by atoms with Gasteiger partial charge in [0.1, 0.15) is 0 Å². The van der Waals surface area contributed by atoms with Crippen molar-refractivity contribution in [1.29, 1.82) is 0 Å². The summed E-state index contributed by atoms with van der Waals surface area (Å²) in [6.45, 7) is 5.37. The van der Waals surface area contributed by atoms with Gasteiger partial charge in [-0.05, 0) is 13.3 Å². The molecule has 0 bridgehead atoms. The fourth-order valence-corrected chi connectivity index (χ4v) is 2.74. The molecule has 0 radical (unpaired) electrons. The molecule has 1 saturated heterocycles. The smallest absolute Gasteiger partial charge is 0.222 e. The molecule has 1 aliphatic heterocycles. The summed E-state index contributed by atoms with van der Waals surface area (Å²) < 4.78 is 5.55. The number of ether oxygens (including phenoxy) is 1. The van der Waals surface area contributed by atoms with E-state index >= 15 is 0 Å². The van der Waals surface area contributed by atoms with Crippen molar-refractivity contribution in [3.8, 4) is 0 Å². The molecule has 1 amide bonds. The molecule has 1 heterocycles. The Labute approximate surface area is 123 Å². The van der Waals surface area contributed by atoms with Crippen LogP contribution in [0.2, 0.25) is 0 Å². The fourth-order valence-electron chi connectivity index (χ4n) is 2.74. The molecule has 4 heteroatoms. The van der Waals surface area contributed by atoms with Gasteiger partial charge in [0.05, 0.1) is 18.8 Å². The maximum Gasteiger partial charge on any atom is 0.222 e. The Balaban J connectivity index is 2.12. The molecule has 4 nitrogen and oxygen atoms in total. The van der Waals surface area contributed by atoms with E-state index < -0.39 is 0 Å². The number of rotatable bonds is 9. The van der Waals surface area contributed by atoms with Gasteiger partial charge in [0.25, 0.3) is 0 Å². The Morgan fingerprint density at radius 3 is 2.45 bits per heavy atom. The summed E-state index contributed by atoms with van der Waals surface area (Å²) in [4.78, 5) is 14.0. The number of hydrogen-bond acceptors (Lipinski definition) is 3. The Kier molecular flexibility index (Phi) is 8.86. The molecule has 0 spiro atoms. The van der Waals surface area contributed by atoms with Crippen LogP contribution >= 0.6 is 0 Å². The number of carbonyl (C=O) groups excluding carboxylic acids is 1. The third kappa shape index (κ3) is 6.71. The minimum atomic E-state index is -0.211. The molecule has 1 aliphatic rings. The summed E-state index contributed by atoms with van der Waals surface area (Å²) in [5, 5.41) is 9.16. The summed E-state index contributed by atoms with van der Waals surface area (Å²) in [5.41, 5.74) is 0. The second-order valence-electron chi connectivity index (χ2n) is 5.92. The number of aliphatic hydroxyl groups is 1. The number of morpholine rings is 1. The van der Waals surface area contributed by atoms with Gasteiger partial charge in [-0.3, -0.25) is 4.79 Å². The van der Waals surface area contributed by atoms with E-state index in [9.17, 15) is 4.79 Å². The van der Waals surface area contributed by atoms with Crippen LogP contribution in [0.25, 0.3) is 0 Å².